The number of ether oxygens (including phenoxy) is 2. The molecule has 1 unspecified atom stereocenters. The summed E-state index contributed by atoms with van der Waals surface area (Å²) in [7, 11) is 0. The largest absolute Gasteiger partial charge is 0.484 e. The predicted molar refractivity (Wildman–Crippen MR) is 61.9 cm³/mol. The van der Waals surface area contributed by atoms with Crippen LogP contribution in [0, 0.1) is 0 Å². The van der Waals surface area contributed by atoms with E-state index in [9.17, 15) is 5.11 Å². The summed E-state index contributed by atoms with van der Waals surface area (Å²) in [5.74, 6) is 1.53. The number of hydrogen-bond acceptors (Lipinski definition) is 5. The van der Waals surface area contributed by atoms with Crippen LogP contribution in [0.25, 0.3) is 0 Å². The van der Waals surface area contributed by atoms with Gasteiger partial charge in [-0.15, -0.1) is 0 Å². The van der Waals surface area contributed by atoms with E-state index in [1.54, 1.807) is 6.20 Å². The molecule has 1 aliphatic heterocycles. The number of rotatable bonds is 4. The second kappa shape index (κ2) is 5.42. The molecule has 2 heterocycles. The van der Waals surface area contributed by atoms with Crippen molar-refractivity contribution in [2.45, 2.75) is 38.9 Å². The van der Waals surface area contributed by atoms with Crippen molar-refractivity contribution < 1.29 is 14.6 Å². The molecule has 0 spiro atoms. The van der Waals surface area contributed by atoms with Gasteiger partial charge in [-0.25, -0.2) is 9.97 Å². The summed E-state index contributed by atoms with van der Waals surface area (Å²) in [4.78, 5) is 8.55. The van der Waals surface area contributed by atoms with Gasteiger partial charge < -0.3 is 14.6 Å². The number of aromatic nitrogens is 2. The first-order chi connectivity index (χ1) is 8.20. The van der Waals surface area contributed by atoms with Crippen molar-refractivity contribution in [1.29, 1.82) is 0 Å². The first kappa shape index (κ1) is 12.3. The Morgan fingerprint density at radius 2 is 2.41 bits per heavy atom. The average Bonchev–Trinajstić information content (AvgIpc) is 2.82. The molecule has 1 aromatic rings. The fourth-order valence-corrected chi connectivity index (χ4v) is 1.70. The molecular weight excluding hydrogens is 220 g/mol. The van der Waals surface area contributed by atoms with Crippen LogP contribution in [-0.2, 0) is 11.3 Å². The Labute approximate surface area is 101 Å². The van der Waals surface area contributed by atoms with E-state index in [4.69, 9.17) is 9.47 Å². The van der Waals surface area contributed by atoms with Crippen molar-refractivity contribution in [2.75, 3.05) is 13.2 Å². The quantitative estimate of drug-likeness (QED) is 0.855. The third-order valence-corrected chi connectivity index (χ3v) is 2.70. The highest BCUT2D eigenvalue weighted by Gasteiger charge is 2.19. The molecule has 1 aliphatic rings. The fraction of sp³-hybridized carbons (Fsp3) is 0.667. The zero-order valence-electron chi connectivity index (χ0n) is 10.2. The highest BCUT2D eigenvalue weighted by molar-refractivity contribution is 5.25. The van der Waals surface area contributed by atoms with Gasteiger partial charge in [-0.1, -0.05) is 13.8 Å². The second-order valence-corrected chi connectivity index (χ2v) is 4.46. The molecule has 0 aromatic carbocycles. The minimum Gasteiger partial charge on any atom is -0.484 e. The lowest BCUT2D eigenvalue weighted by molar-refractivity contribution is 0.137. The van der Waals surface area contributed by atoms with Crippen LogP contribution in [0.15, 0.2) is 6.20 Å². The monoisotopic (exact) mass is 238 g/mol. The molecule has 5 nitrogen and oxygen atoms in total. The van der Waals surface area contributed by atoms with Gasteiger partial charge in [-0.05, 0) is 0 Å². The summed E-state index contributed by atoms with van der Waals surface area (Å²) in [5, 5.41) is 9.30. The van der Waals surface area contributed by atoms with Gasteiger partial charge in [-0.2, -0.15) is 0 Å². The molecular formula is C12H18N2O3. The van der Waals surface area contributed by atoms with Gasteiger partial charge in [0.05, 0.1) is 26.0 Å². The fourth-order valence-electron chi connectivity index (χ4n) is 1.70. The predicted octanol–water partition coefficient (Wildman–Crippen LogP) is 1.26. The van der Waals surface area contributed by atoms with Gasteiger partial charge in [0.15, 0.2) is 5.75 Å². The van der Waals surface area contributed by atoms with Crippen LogP contribution in [0.5, 0.6) is 5.75 Å². The molecule has 17 heavy (non-hydrogen) atoms. The SMILES string of the molecule is CC(C)c1ncc(OC2CCOC2)c(CO)n1. The average molecular weight is 238 g/mol. The third-order valence-electron chi connectivity index (χ3n) is 2.70. The molecule has 0 saturated carbocycles. The van der Waals surface area contributed by atoms with Crippen LogP contribution in [0.4, 0.5) is 0 Å². The van der Waals surface area contributed by atoms with E-state index < -0.39 is 0 Å². The van der Waals surface area contributed by atoms with Crippen LogP contribution in [0.3, 0.4) is 0 Å². The topological polar surface area (TPSA) is 64.5 Å². The lowest BCUT2D eigenvalue weighted by atomic mass is 10.2. The maximum absolute atomic E-state index is 9.30. The standard InChI is InChI=1S/C12H18N2O3/c1-8(2)12-13-5-11(10(6-15)14-12)17-9-3-4-16-7-9/h5,8-9,15H,3-4,6-7H2,1-2H3. The van der Waals surface area contributed by atoms with Crippen LogP contribution in [0.1, 0.15) is 37.7 Å². The zero-order valence-corrected chi connectivity index (χ0v) is 10.2. The summed E-state index contributed by atoms with van der Waals surface area (Å²) in [5.41, 5.74) is 0.551. The maximum Gasteiger partial charge on any atom is 0.162 e. The molecule has 94 valence electrons. The van der Waals surface area contributed by atoms with Crippen LogP contribution >= 0.6 is 0 Å². The Balaban J connectivity index is 2.15. The van der Waals surface area contributed by atoms with Crippen LogP contribution < -0.4 is 4.74 Å². The molecule has 1 N–H and O–H groups in total. The van der Waals surface area contributed by atoms with Gasteiger partial charge in [0, 0.05) is 12.3 Å². The molecule has 1 saturated heterocycles. The summed E-state index contributed by atoms with van der Waals surface area (Å²) >= 11 is 0. The van der Waals surface area contributed by atoms with Gasteiger partial charge in [0.1, 0.15) is 17.6 Å². The minimum atomic E-state index is -0.134. The van der Waals surface area contributed by atoms with E-state index in [2.05, 4.69) is 9.97 Å². The van der Waals surface area contributed by atoms with E-state index in [0.717, 1.165) is 18.9 Å². The molecule has 0 radical (unpaired) electrons. The van der Waals surface area contributed by atoms with Gasteiger partial charge in [0.25, 0.3) is 0 Å². The van der Waals surface area contributed by atoms with Crippen molar-refractivity contribution >= 4 is 0 Å². The van der Waals surface area contributed by atoms with Crippen LogP contribution in [-0.4, -0.2) is 34.4 Å². The smallest absolute Gasteiger partial charge is 0.162 e. The van der Waals surface area contributed by atoms with E-state index in [0.29, 0.717) is 18.1 Å². The highest BCUT2D eigenvalue weighted by Crippen LogP contribution is 2.21. The number of aliphatic hydroxyl groups excluding tert-OH is 1. The van der Waals surface area contributed by atoms with Gasteiger partial charge in [-0.3, -0.25) is 0 Å². The molecule has 1 aromatic heterocycles. The van der Waals surface area contributed by atoms with E-state index in [1.165, 1.54) is 0 Å². The second-order valence-electron chi connectivity index (χ2n) is 4.46. The normalized spacial score (nSPS) is 19.9. The first-order valence-corrected chi connectivity index (χ1v) is 5.91. The summed E-state index contributed by atoms with van der Waals surface area (Å²) in [6.07, 6.45) is 2.57. The van der Waals surface area contributed by atoms with E-state index in [-0.39, 0.29) is 18.6 Å². The molecule has 2 rings (SSSR count). The molecule has 0 bridgehead atoms. The van der Waals surface area contributed by atoms with Crippen molar-refractivity contribution in [2.24, 2.45) is 0 Å². The summed E-state index contributed by atoms with van der Waals surface area (Å²) in [6, 6.07) is 0. The first-order valence-electron chi connectivity index (χ1n) is 5.91. The lowest BCUT2D eigenvalue weighted by Gasteiger charge is -2.15. The van der Waals surface area contributed by atoms with Gasteiger partial charge >= 0.3 is 0 Å². The molecule has 1 fully saturated rings. The summed E-state index contributed by atoms with van der Waals surface area (Å²) < 4.78 is 11.0. The number of hydrogen-bond donors (Lipinski definition) is 1. The number of nitrogens with zero attached hydrogens (tertiary/aromatic N) is 2. The Hall–Kier alpha value is -1.20. The minimum absolute atomic E-state index is 0.0498. The Bertz CT molecular complexity index is 376. The highest BCUT2D eigenvalue weighted by atomic mass is 16.5. The van der Waals surface area contributed by atoms with Crippen LogP contribution in [0.2, 0.25) is 0 Å². The molecule has 5 heteroatoms. The van der Waals surface area contributed by atoms with E-state index in [1.807, 2.05) is 13.8 Å². The van der Waals surface area contributed by atoms with Crippen molar-refractivity contribution in [3.63, 3.8) is 0 Å². The molecule has 0 amide bonds. The Morgan fingerprint density at radius 3 is 3.00 bits per heavy atom. The molecule has 1 atom stereocenters. The maximum atomic E-state index is 9.30. The van der Waals surface area contributed by atoms with E-state index >= 15 is 0 Å². The lowest BCUT2D eigenvalue weighted by Crippen LogP contribution is -2.17. The van der Waals surface area contributed by atoms with Crippen molar-refractivity contribution in [3.8, 4) is 5.75 Å². The number of aliphatic hydroxyl groups is 1. The zero-order chi connectivity index (χ0) is 12.3. The van der Waals surface area contributed by atoms with Crippen molar-refractivity contribution in [1.82, 2.24) is 9.97 Å². The Kier molecular flexibility index (Phi) is 3.91. The Morgan fingerprint density at radius 1 is 1.59 bits per heavy atom. The third kappa shape index (κ3) is 2.92. The summed E-state index contributed by atoms with van der Waals surface area (Å²) in [6.45, 7) is 5.22. The van der Waals surface area contributed by atoms with Gasteiger partial charge in [0.2, 0.25) is 0 Å². The van der Waals surface area contributed by atoms with Crippen molar-refractivity contribution in [3.05, 3.63) is 17.7 Å². The molecule has 0 aliphatic carbocycles.